The van der Waals surface area contributed by atoms with Crippen molar-refractivity contribution in [1.29, 1.82) is 0 Å². The summed E-state index contributed by atoms with van der Waals surface area (Å²) in [6, 6.07) is 13.1. The molecular weight excluding hydrogens is 222 g/mol. The van der Waals surface area contributed by atoms with Crippen molar-refractivity contribution >= 4 is 5.71 Å². The lowest BCUT2D eigenvalue weighted by atomic mass is 9.99. The minimum atomic E-state index is 0.837. The Bertz CT molecular complexity index is 685. The van der Waals surface area contributed by atoms with Crippen LogP contribution in [-0.4, -0.2) is 10.9 Å². The SMILES string of the molecule is ON=C1CCc2cc3c(cc21)Cc1ccccc1-3. The molecule has 0 bridgehead atoms. The third-order valence-corrected chi connectivity index (χ3v) is 4.08. The topological polar surface area (TPSA) is 32.6 Å². The summed E-state index contributed by atoms with van der Waals surface area (Å²) < 4.78 is 0. The monoisotopic (exact) mass is 235 g/mol. The first-order valence-electron chi connectivity index (χ1n) is 6.32. The standard InChI is InChI=1S/C16H13NO/c18-17-16-6-5-11-8-14-12(9-15(11)16)7-10-3-1-2-4-13(10)14/h1-4,8-9,18H,5-7H2. The van der Waals surface area contributed by atoms with Crippen LogP contribution in [0.5, 0.6) is 0 Å². The van der Waals surface area contributed by atoms with Gasteiger partial charge < -0.3 is 5.21 Å². The first-order valence-corrected chi connectivity index (χ1v) is 6.32. The van der Waals surface area contributed by atoms with Gasteiger partial charge in [-0.05, 0) is 53.1 Å². The molecule has 2 aliphatic rings. The fraction of sp³-hybridized carbons (Fsp3) is 0.188. The normalized spacial score (nSPS) is 17.7. The van der Waals surface area contributed by atoms with Crippen molar-refractivity contribution in [3.05, 3.63) is 58.7 Å². The maximum Gasteiger partial charge on any atom is 0.0873 e. The van der Waals surface area contributed by atoms with Crippen LogP contribution in [0.15, 0.2) is 41.6 Å². The minimum absolute atomic E-state index is 0.837. The van der Waals surface area contributed by atoms with Crippen LogP contribution in [0.2, 0.25) is 0 Å². The summed E-state index contributed by atoms with van der Waals surface area (Å²) in [7, 11) is 0. The van der Waals surface area contributed by atoms with E-state index < -0.39 is 0 Å². The number of rotatable bonds is 0. The van der Waals surface area contributed by atoms with Gasteiger partial charge >= 0.3 is 0 Å². The van der Waals surface area contributed by atoms with Crippen molar-refractivity contribution in [2.75, 3.05) is 0 Å². The fourth-order valence-corrected chi connectivity index (χ4v) is 3.20. The highest BCUT2D eigenvalue weighted by atomic mass is 16.4. The summed E-state index contributed by atoms with van der Waals surface area (Å²) in [6.45, 7) is 0. The fourth-order valence-electron chi connectivity index (χ4n) is 3.20. The summed E-state index contributed by atoms with van der Waals surface area (Å²) in [5, 5.41) is 12.4. The number of oxime groups is 1. The zero-order chi connectivity index (χ0) is 12.1. The van der Waals surface area contributed by atoms with Crippen LogP contribution in [0.1, 0.15) is 28.7 Å². The smallest absolute Gasteiger partial charge is 0.0873 e. The second-order valence-corrected chi connectivity index (χ2v) is 5.05. The molecule has 0 heterocycles. The Labute approximate surface area is 106 Å². The van der Waals surface area contributed by atoms with Gasteiger partial charge in [0.2, 0.25) is 0 Å². The van der Waals surface area contributed by atoms with E-state index in [2.05, 4.69) is 41.6 Å². The van der Waals surface area contributed by atoms with Crippen molar-refractivity contribution < 1.29 is 5.21 Å². The molecule has 88 valence electrons. The molecule has 18 heavy (non-hydrogen) atoms. The molecular formula is C16H13NO. The van der Waals surface area contributed by atoms with E-state index in [1.807, 2.05) is 0 Å². The summed E-state index contributed by atoms with van der Waals surface area (Å²) in [5.41, 5.74) is 8.79. The molecule has 0 saturated heterocycles. The zero-order valence-corrected chi connectivity index (χ0v) is 9.98. The number of hydrogen-bond donors (Lipinski definition) is 1. The third kappa shape index (κ3) is 1.20. The van der Waals surface area contributed by atoms with Crippen molar-refractivity contribution in [3.8, 4) is 11.1 Å². The number of benzene rings is 2. The lowest BCUT2D eigenvalue weighted by Gasteiger charge is -2.05. The van der Waals surface area contributed by atoms with E-state index in [9.17, 15) is 0 Å². The molecule has 0 radical (unpaired) electrons. The summed E-state index contributed by atoms with van der Waals surface area (Å²) in [6.07, 6.45) is 2.85. The van der Waals surface area contributed by atoms with Crippen molar-refractivity contribution in [2.45, 2.75) is 19.3 Å². The third-order valence-electron chi connectivity index (χ3n) is 4.08. The van der Waals surface area contributed by atoms with Crippen LogP contribution in [-0.2, 0) is 12.8 Å². The molecule has 0 fully saturated rings. The van der Waals surface area contributed by atoms with E-state index in [1.165, 1.54) is 27.8 Å². The van der Waals surface area contributed by atoms with E-state index in [0.29, 0.717) is 0 Å². The molecule has 2 aliphatic carbocycles. The Morgan fingerprint density at radius 3 is 2.56 bits per heavy atom. The Hall–Kier alpha value is -2.09. The molecule has 0 unspecified atom stereocenters. The van der Waals surface area contributed by atoms with Gasteiger partial charge in [-0.15, -0.1) is 0 Å². The average molecular weight is 235 g/mol. The van der Waals surface area contributed by atoms with Crippen LogP contribution in [0, 0.1) is 0 Å². The maximum atomic E-state index is 9.02. The van der Waals surface area contributed by atoms with Gasteiger partial charge in [0.05, 0.1) is 5.71 Å². The molecule has 0 saturated carbocycles. The Kier molecular flexibility index (Phi) is 1.90. The molecule has 1 N–H and O–H groups in total. The second-order valence-electron chi connectivity index (χ2n) is 5.05. The molecule has 0 spiro atoms. The van der Waals surface area contributed by atoms with Gasteiger partial charge in [-0.25, -0.2) is 0 Å². The van der Waals surface area contributed by atoms with Crippen molar-refractivity contribution in [2.24, 2.45) is 5.16 Å². The predicted molar refractivity (Wildman–Crippen MR) is 71.3 cm³/mol. The van der Waals surface area contributed by atoms with E-state index in [4.69, 9.17) is 5.21 Å². The molecule has 0 atom stereocenters. The molecule has 0 aliphatic heterocycles. The molecule has 4 rings (SSSR count). The van der Waals surface area contributed by atoms with Gasteiger partial charge in [0, 0.05) is 5.56 Å². The van der Waals surface area contributed by atoms with E-state index >= 15 is 0 Å². The number of hydrogen-bond acceptors (Lipinski definition) is 2. The lowest BCUT2D eigenvalue weighted by molar-refractivity contribution is 0.318. The van der Waals surface area contributed by atoms with Crippen LogP contribution >= 0.6 is 0 Å². The van der Waals surface area contributed by atoms with Crippen molar-refractivity contribution in [1.82, 2.24) is 0 Å². The predicted octanol–water partition coefficient (Wildman–Crippen LogP) is 3.38. The first-order chi connectivity index (χ1) is 8.86. The van der Waals surface area contributed by atoms with Crippen LogP contribution in [0.4, 0.5) is 0 Å². The molecule has 0 aromatic heterocycles. The number of fused-ring (bicyclic) bond motifs is 4. The van der Waals surface area contributed by atoms with Crippen molar-refractivity contribution in [3.63, 3.8) is 0 Å². The Balaban J connectivity index is 1.95. The summed E-state index contributed by atoms with van der Waals surface area (Å²) >= 11 is 0. The van der Waals surface area contributed by atoms with Crippen LogP contribution in [0.25, 0.3) is 11.1 Å². The highest BCUT2D eigenvalue weighted by molar-refractivity contribution is 6.05. The Morgan fingerprint density at radius 2 is 1.67 bits per heavy atom. The highest BCUT2D eigenvalue weighted by Gasteiger charge is 2.24. The van der Waals surface area contributed by atoms with E-state index in [1.54, 1.807) is 0 Å². The van der Waals surface area contributed by atoms with Gasteiger partial charge in [-0.3, -0.25) is 0 Å². The molecule has 0 amide bonds. The quantitative estimate of drug-likeness (QED) is 0.470. The number of nitrogens with zero attached hydrogens (tertiary/aromatic N) is 1. The molecule has 2 heteroatoms. The number of aryl methyl sites for hydroxylation is 1. The largest absolute Gasteiger partial charge is 0.411 e. The maximum absolute atomic E-state index is 9.02. The van der Waals surface area contributed by atoms with Crippen LogP contribution < -0.4 is 0 Å². The zero-order valence-electron chi connectivity index (χ0n) is 9.98. The summed E-state index contributed by atoms with van der Waals surface area (Å²) in [4.78, 5) is 0. The Morgan fingerprint density at radius 1 is 0.833 bits per heavy atom. The lowest BCUT2D eigenvalue weighted by Crippen LogP contribution is -1.95. The van der Waals surface area contributed by atoms with E-state index in [-0.39, 0.29) is 0 Å². The molecule has 2 aromatic rings. The second kappa shape index (κ2) is 3.45. The van der Waals surface area contributed by atoms with E-state index in [0.717, 1.165) is 30.5 Å². The van der Waals surface area contributed by atoms with Gasteiger partial charge in [0.15, 0.2) is 0 Å². The van der Waals surface area contributed by atoms with Crippen LogP contribution in [0.3, 0.4) is 0 Å². The highest BCUT2D eigenvalue weighted by Crippen LogP contribution is 2.39. The molecule has 2 nitrogen and oxygen atoms in total. The van der Waals surface area contributed by atoms with Gasteiger partial charge in [0.25, 0.3) is 0 Å². The first kappa shape index (κ1) is 9.89. The minimum Gasteiger partial charge on any atom is -0.411 e. The van der Waals surface area contributed by atoms with Gasteiger partial charge in [-0.1, -0.05) is 35.5 Å². The molecule has 2 aromatic carbocycles. The summed E-state index contributed by atoms with van der Waals surface area (Å²) in [5.74, 6) is 0. The van der Waals surface area contributed by atoms with Gasteiger partial charge in [0.1, 0.15) is 0 Å². The van der Waals surface area contributed by atoms with Gasteiger partial charge in [-0.2, -0.15) is 0 Å². The average Bonchev–Trinajstić information content (AvgIpc) is 2.96.